The van der Waals surface area contributed by atoms with Gasteiger partial charge < -0.3 is 5.73 Å². The van der Waals surface area contributed by atoms with E-state index < -0.39 is 0 Å². The van der Waals surface area contributed by atoms with Gasteiger partial charge in [-0.05, 0) is 0 Å². The van der Waals surface area contributed by atoms with E-state index in [0.29, 0.717) is 0 Å². The minimum atomic E-state index is -0.0810. The van der Waals surface area contributed by atoms with Gasteiger partial charge in [-0.15, -0.1) is 0 Å². The van der Waals surface area contributed by atoms with Crippen LogP contribution < -0.4 is 5.73 Å². The fraction of sp³-hybridized carbons (Fsp3) is 0.857. The first-order valence-electron chi connectivity index (χ1n) is 3.50. The predicted octanol–water partition coefficient (Wildman–Crippen LogP) is 2.17. The smallest absolute Gasteiger partial charge is 0.0959 e. The molecule has 0 saturated heterocycles. The summed E-state index contributed by atoms with van der Waals surface area (Å²) in [5, 5.41) is 0. The van der Waals surface area contributed by atoms with E-state index in [-0.39, 0.29) is 4.95 Å². The van der Waals surface area contributed by atoms with Crippen molar-refractivity contribution in [3.8, 4) is 0 Å². The molecule has 3 heteroatoms. The van der Waals surface area contributed by atoms with Crippen molar-refractivity contribution in [1.29, 1.82) is 0 Å². The van der Waals surface area contributed by atoms with Gasteiger partial charge in [0.15, 0.2) is 0 Å². The van der Waals surface area contributed by atoms with Crippen molar-refractivity contribution in [2.45, 2.75) is 31.6 Å². The third-order valence-corrected chi connectivity index (χ3v) is 1.03. The molecule has 0 aliphatic heterocycles. The summed E-state index contributed by atoms with van der Waals surface area (Å²) in [6.45, 7) is 4.36. The molecular weight excluding hydrogens is 192 g/mol. The Morgan fingerprint density at radius 3 is 1.90 bits per heavy atom. The number of hydrogen-bond donors (Lipinski definition) is 1. The second-order valence-corrected chi connectivity index (χ2v) is 2.91. The van der Waals surface area contributed by atoms with Gasteiger partial charge in [0.05, 0.1) is 4.95 Å². The molecule has 0 rings (SSSR count). The van der Waals surface area contributed by atoms with Crippen molar-refractivity contribution in [3.63, 3.8) is 0 Å². The van der Waals surface area contributed by atoms with Crippen LogP contribution >= 0.6 is 15.9 Å². The largest absolute Gasteiger partial charge is 0.314 e. The molecule has 0 bridgehead atoms. The summed E-state index contributed by atoms with van der Waals surface area (Å²) in [6.07, 6.45) is 4.25. The van der Waals surface area contributed by atoms with E-state index in [1.54, 1.807) is 13.3 Å². The molecule has 2 nitrogen and oxygen atoms in total. The summed E-state index contributed by atoms with van der Waals surface area (Å²) >= 11 is 3.06. The van der Waals surface area contributed by atoms with E-state index >= 15 is 0 Å². The van der Waals surface area contributed by atoms with Crippen LogP contribution in [0.1, 0.15) is 26.7 Å². The van der Waals surface area contributed by atoms with Gasteiger partial charge in [-0.3, -0.25) is 4.99 Å². The molecule has 2 N–H and O–H groups in total. The molecular formula is C7H17BrN2. The molecule has 10 heavy (non-hydrogen) atoms. The number of aliphatic imine (C=N–C) groups is 1. The SMILES string of the molecule is CCCC.CN=CC(N)Br. The molecule has 0 spiro atoms. The molecule has 0 aliphatic rings. The van der Waals surface area contributed by atoms with Gasteiger partial charge in [-0.1, -0.05) is 42.6 Å². The molecule has 0 aromatic rings. The van der Waals surface area contributed by atoms with Crippen molar-refractivity contribution in [2.75, 3.05) is 7.05 Å². The lowest BCUT2D eigenvalue weighted by Crippen LogP contribution is -2.11. The van der Waals surface area contributed by atoms with Crippen LogP contribution in [-0.2, 0) is 0 Å². The maximum Gasteiger partial charge on any atom is 0.0959 e. The number of halogens is 1. The Labute approximate surface area is 72.0 Å². The van der Waals surface area contributed by atoms with E-state index in [1.807, 2.05) is 0 Å². The lowest BCUT2D eigenvalue weighted by molar-refractivity contribution is 0.886. The van der Waals surface area contributed by atoms with Crippen LogP contribution in [0.5, 0.6) is 0 Å². The van der Waals surface area contributed by atoms with Crippen molar-refractivity contribution >= 4 is 22.1 Å². The minimum absolute atomic E-state index is 0.0810. The van der Waals surface area contributed by atoms with Gasteiger partial charge >= 0.3 is 0 Å². The standard InChI is InChI=1S/C4H10.C3H7BrN2/c1-3-4-2;1-6-2-3(4)5/h3-4H2,1-2H3;2-3H,5H2,1H3. The zero-order chi connectivity index (χ0) is 8.41. The molecule has 0 aliphatic carbocycles. The van der Waals surface area contributed by atoms with Gasteiger partial charge in [0, 0.05) is 13.3 Å². The number of unbranched alkanes of at least 4 members (excludes halogenated alkanes) is 1. The van der Waals surface area contributed by atoms with Crippen molar-refractivity contribution in [3.05, 3.63) is 0 Å². The van der Waals surface area contributed by atoms with Gasteiger partial charge in [0.1, 0.15) is 0 Å². The molecule has 0 aromatic carbocycles. The number of nitrogens with two attached hydrogens (primary N) is 1. The molecule has 0 amide bonds. The molecule has 0 fully saturated rings. The third kappa shape index (κ3) is 24.3. The van der Waals surface area contributed by atoms with Crippen LogP contribution in [0.15, 0.2) is 4.99 Å². The van der Waals surface area contributed by atoms with Gasteiger partial charge in [0.2, 0.25) is 0 Å². The Hall–Kier alpha value is 0.110. The van der Waals surface area contributed by atoms with Crippen LogP contribution in [0.3, 0.4) is 0 Å². The average Bonchev–Trinajstić information content (AvgIpc) is 1.89. The summed E-state index contributed by atoms with van der Waals surface area (Å²) < 4.78 is 0. The second-order valence-electron chi connectivity index (χ2n) is 1.85. The lowest BCUT2D eigenvalue weighted by atomic mass is 10.4. The molecule has 0 radical (unpaired) electrons. The average molecular weight is 209 g/mol. The Bertz CT molecular complexity index is 70.0. The first-order valence-corrected chi connectivity index (χ1v) is 4.42. The first-order chi connectivity index (χ1) is 4.68. The highest BCUT2D eigenvalue weighted by molar-refractivity contribution is 9.09. The number of nitrogens with zero attached hydrogens (tertiary/aromatic N) is 1. The van der Waals surface area contributed by atoms with Gasteiger partial charge in [0.25, 0.3) is 0 Å². The Balaban J connectivity index is 0. The lowest BCUT2D eigenvalue weighted by Gasteiger charge is -1.84. The van der Waals surface area contributed by atoms with E-state index in [9.17, 15) is 0 Å². The Morgan fingerprint density at radius 1 is 1.50 bits per heavy atom. The van der Waals surface area contributed by atoms with Crippen LogP contribution in [-0.4, -0.2) is 18.2 Å². The normalized spacial score (nSPS) is 12.5. The Morgan fingerprint density at radius 2 is 1.90 bits per heavy atom. The number of rotatable bonds is 2. The number of alkyl halides is 1. The molecule has 1 unspecified atom stereocenters. The van der Waals surface area contributed by atoms with E-state index in [0.717, 1.165) is 0 Å². The maximum atomic E-state index is 5.17. The minimum Gasteiger partial charge on any atom is -0.314 e. The van der Waals surface area contributed by atoms with Crippen LogP contribution in [0.2, 0.25) is 0 Å². The monoisotopic (exact) mass is 208 g/mol. The summed E-state index contributed by atoms with van der Waals surface area (Å²) in [4.78, 5) is 3.56. The fourth-order valence-corrected chi connectivity index (χ4v) is 0.379. The van der Waals surface area contributed by atoms with Crippen LogP contribution in [0.4, 0.5) is 0 Å². The van der Waals surface area contributed by atoms with Gasteiger partial charge in [-0.2, -0.15) is 0 Å². The third-order valence-electron chi connectivity index (χ3n) is 0.791. The van der Waals surface area contributed by atoms with E-state index in [1.165, 1.54) is 12.8 Å². The first kappa shape index (κ1) is 12.8. The summed E-state index contributed by atoms with van der Waals surface area (Å²) in [5.41, 5.74) is 5.17. The molecule has 0 heterocycles. The fourth-order valence-electron chi connectivity index (χ4n) is 0.142. The quantitative estimate of drug-likeness (QED) is 0.422. The van der Waals surface area contributed by atoms with Crippen molar-refractivity contribution < 1.29 is 0 Å². The zero-order valence-corrected chi connectivity index (χ0v) is 8.56. The highest BCUT2D eigenvalue weighted by atomic mass is 79.9. The molecule has 1 atom stereocenters. The molecule has 0 aromatic heterocycles. The zero-order valence-electron chi connectivity index (χ0n) is 6.97. The number of hydrogen-bond acceptors (Lipinski definition) is 2. The second kappa shape index (κ2) is 11.9. The van der Waals surface area contributed by atoms with E-state index in [2.05, 4.69) is 34.8 Å². The van der Waals surface area contributed by atoms with Crippen molar-refractivity contribution in [1.82, 2.24) is 0 Å². The van der Waals surface area contributed by atoms with Crippen LogP contribution in [0.25, 0.3) is 0 Å². The summed E-state index contributed by atoms with van der Waals surface area (Å²) in [7, 11) is 1.68. The maximum absolute atomic E-state index is 5.17. The van der Waals surface area contributed by atoms with Crippen molar-refractivity contribution in [2.24, 2.45) is 10.7 Å². The molecule has 62 valence electrons. The summed E-state index contributed by atoms with van der Waals surface area (Å²) in [6, 6.07) is 0. The van der Waals surface area contributed by atoms with Crippen LogP contribution in [0, 0.1) is 0 Å². The highest BCUT2D eigenvalue weighted by Gasteiger charge is 1.80. The van der Waals surface area contributed by atoms with E-state index in [4.69, 9.17) is 5.73 Å². The molecule has 0 saturated carbocycles. The highest BCUT2D eigenvalue weighted by Crippen LogP contribution is 1.81. The topological polar surface area (TPSA) is 38.4 Å². The van der Waals surface area contributed by atoms with Gasteiger partial charge in [-0.25, -0.2) is 0 Å². The Kier molecular flexibility index (Phi) is 15.1. The predicted molar refractivity (Wildman–Crippen MR) is 51.9 cm³/mol. The summed E-state index contributed by atoms with van der Waals surface area (Å²) in [5.74, 6) is 0.